The van der Waals surface area contributed by atoms with Gasteiger partial charge in [0.1, 0.15) is 11.6 Å². The van der Waals surface area contributed by atoms with Crippen LogP contribution in [0.25, 0.3) is 16.6 Å². The van der Waals surface area contributed by atoms with Gasteiger partial charge in [-0.3, -0.25) is 9.20 Å². The minimum absolute atomic E-state index is 0.149. The van der Waals surface area contributed by atoms with Gasteiger partial charge in [-0.05, 0) is 57.4 Å². The van der Waals surface area contributed by atoms with Crippen molar-refractivity contribution in [2.75, 3.05) is 6.54 Å². The topological polar surface area (TPSA) is 93.8 Å². The van der Waals surface area contributed by atoms with Gasteiger partial charge in [0, 0.05) is 43.3 Å². The van der Waals surface area contributed by atoms with E-state index < -0.39 is 17.7 Å². The molecule has 0 unspecified atom stereocenters. The summed E-state index contributed by atoms with van der Waals surface area (Å²) in [6.45, 7) is 6.01. The number of aryl methyl sites for hydroxylation is 1. The molecule has 9 nitrogen and oxygen atoms in total. The first-order chi connectivity index (χ1) is 17.2. The molecular formula is C27H32N6O3. The Hall–Kier alpha value is -3.88. The number of para-hydroxylation sites is 1. The van der Waals surface area contributed by atoms with Crippen molar-refractivity contribution in [2.24, 2.45) is 7.05 Å². The van der Waals surface area contributed by atoms with Gasteiger partial charge in [0.2, 0.25) is 5.91 Å². The van der Waals surface area contributed by atoms with Crippen molar-refractivity contribution in [3.05, 3.63) is 66.2 Å². The highest BCUT2D eigenvalue weighted by atomic mass is 16.6. The van der Waals surface area contributed by atoms with Crippen molar-refractivity contribution < 1.29 is 14.3 Å². The maximum Gasteiger partial charge on any atom is 0.408 e. The van der Waals surface area contributed by atoms with Crippen molar-refractivity contribution in [3.8, 4) is 0 Å². The van der Waals surface area contributed by atoms with E-state index >= 15 is 0 Å². The third-order valence-electron chi connectivity index (χ3n) is 6.57. The van der Waals surface area contributed by atoms with Gasteiger partial charge in [-0.1, -0.05) is 24.3 Å². The molecule has 0 saturated carbocycles. The number of aromatic nitrogens is 4. The molecule has 4 heterocycles. The van der Waals surface area contributed by atoms with Crippen molar-refractivity contribution in [1.82, 2.24) is 29.4 Å². The lowest BCUT2D eigenvalue weighted by Crippen LogP contribution is -2.50. The number of fused-ring (bicyclic) bond motifs is 2. The monoisotopic (exact) mass is 488 g/mol. The third-order valence-corrected chi connectivity index (χ3v) is 6.57. The number of pyridine rings is 1. The molecule has 0 spiro atoms. The Bertz CT molecular complexity index is 1420. The number of ether oxygens (including phenoxy) is 1. The fourth-order valence-electron chi connectivity index (χ4n) is 5.04. The largest absolute Gasteiger partial charge is 0.444 e. The highest BCUT2D eigenvalue weighted by Crippen LogP contribution is 2.32. The Balaban J connectivity index is 1.46. The molecule has 0 bridgehead atoms. The van der Waals surface area contributed by atoms with Crippen LogP contribution in [0.2, 0.25) is 0 Å². The molecule has 3 aromatic heterocycles. The molecule has 4 aromatic rings. The molecule has 2 atom stereocenters. The number of rotatable bonds is 5. The van der Waals surface area contributed by atoms with E-state index in [2.05, 4.69) is 15.5 Å². The Labute approximate surface area is 210 Å². The summed E-state index contributed by atoms with van der Waals surface area (Å²) in [7, 11) is 1.98. The SMILES string of the molecule is Cn1cc(C[C@H](NC(=O)OC(C)(C)C)C(=O)N2CCC[C@H]2c2nnc3ccccn23)c2ccccc21. The molecule has 1 N–H and O–H groups in total. The Morgan fingerprint density at radius 2 is 1.92 bits per heavy atom. The van der Waals surface area contributed by atoms with Crippen LogP contribution in [0.5, 0.6) is 0 Å². The Morgan fingerprint density at radius 3 is 2.72 bits per heavy atom. The van der Waals surface area contributed by atoms with Gasteiger partial charge in [-0.25, -0.2) is 4.79 Å². The molecule has 2 amide bonds. The fraction of sp³-hybridized carbons (Fsp3) is 0.407. The van der Waals surface area contributed by atoms with Gasteiger partial charge in [0.05, 0.1) is 6.04 Å². The molecule has 1 aliphatic heterocycles. The zero-order chi connectivity index (χ0) is 25.4. The second-order valence-electron chi connectivity index (χ2n) is 10.4. The number of likely N-dealkylation sites (tertiary alicyclic amines) is 1. The number of carbonyl (C=O) groups is 2. The molecular weight excluding hydrogens is 456 g/mol. The normalized spacial score (nSPS) is 17.0. The molecule has 0 aliphatic carbocycles. The maximum absolute atomic E-state index is 14.0. The van der Waals surface area contributed by atoms with Crippen LogP contribution in [-0.2, 0) is 23.0 Å². The molecule has 1 aromatic carbocycles. The second-order valence-corrected chi connectivity index (χ2v) is 10.4. The summed E-state index contributed by atoms with van der Waals surface area (Å²) < 4.78 is 9.49. The van der Waals surface area contributed by atoms with Crippen molar-refractivity contribution in [3.63, 3.8) is 0 Å². The quantitative estimate of drug-likeness (QED) is 0.458. The van der Waals surface area contributed by atoms with Gasteiger partial charge in [0.15, 0.2) is 11.5 Å². The number of hydrogen-bond donors (Lipinski definition) is 1. The number of nitrogens with one attached hydrogen (secondary N) is 1. The summed E-state index contributed by atoms with van der Waals surface area (Å²) in [6, 6.07) is 12.8. The molecule has 9 heteroatoms. The van der Waals surface area contributed by atoms with Crippen LogP contribution >= 0.6 is 0 Å². The number of nitrogens with zero attached hydrogens (tertiary/aromatic N) is 5. The fourth-order valence-corrected chi connectivity index (χ4v) is 5.04. The summed E-state index contributed by atoms with van der Waals surface area (Å²) in [5.41, 5.74) is 2.13. The zero-order valence-electron chi connectivity index (χ0n) is 21.1. The van der Waals surface area contributed by atoms with E-state index in [4.69, 9.17) is 4.74 Å². The van der Waals surface area contributed by atoms with Gasteiger partial charge in [-0.2, -0.15) is 0 Å². The molecule has 1 fully saturated rings. The van der Waals surface area contributed by atoms with Crippen LogP contribution in [0.15, 0.2) is 54.9 Å². The van der Waals surface area contributed by atoms with E-state index in [0.29, 0.717) is 13.0 Å². The molecule has 1 aliphatic rings. The van der Waals surface area contributed by atoms with E-state index in [9.17, 15) is 9.59 Å². The molecule has 0 radical (unpaired) electrons. The van der Waals surface area contributed by atoms with E-state index in [1.54, 1.807) is 20.8 Å². The lowest BCUT2D eigenvalue weighted by Gasteiger charge is -2.29. The molecule has 188 valence electrons. The number of amides is 2. The summed E-state index contributed by atoms with van der Waals surface area (Å²) in [6.07, 6.45) is 5.32. The number of hydrogen-bond acceptors (Lipinski definition) is 5. The van der Waals surface area contributed by atoms with Crippen LogP contribution < -0.4 is 5.32 Å². The lowest BCUT2D eigenvalue weighted by molar-refractivity contribution is -0.134. The maximum atomic E-state index is 14.0. The minimum Gasteiger partial charge on any atom is -0.444 e. The third kappa shape index (κ3) is 4.65. The van der Waals surface area contributed by atoms with Crippen LogP contribution in [0.4, 0.5) is 4.79 Å². The first-order valence-corrected chi connectivity index (χ1v) is 12.3. The van der Waals surface area contributed by atoms with Gasteiger partial charge in [-0.15, -0.1) is 10.2 Å². The van der Waals surface area contributed by atoms with Crippen LogP contribution in [0, 0.1) is 0 Å². The predicted octanol–water partition coefficient (Wildman–Crippen LogP) is 4.02. The summed E-state index contributed by atoms with van der Waals surface area (Å²) >= 11 is 0. The van der Waals surface area contributed by atoms with Crippen LogP contribution in [-0.4, -0.2) is 54.3 Å². The predicted molar refractivity (Wildman–Crippen MR) is 136 cm³/mol. The van der Waals surface area contributed by atoms with Crippen LogP contribution in [0.1, 0.15) is 51.0 Å². The lowest BCUT2D eigenvalue weighted by atomic mass is 10.0. The molecule has 36 heavy (non-hydrogen) atoms. The summed E-state index contributed by atoms with van der Waals surface area (Å²) in [4.78, 5) is 28.7. The van der Waals surface area contributed by atoms with Gasteiger partial charge < -0.3 is 19.5 Å². The standard InChI is InChI=1S/C27H32N6O3/c1-27(2,3)36-26(35)28-20(16-18-17-31(4)21-11-6-5-10-19(18)21)25(34)32-15-9-12-22(32)24-30-29-23-13-7-8-14-33(23)24/h5-8,10-11,13-14,17,20,22H,9,12,15-16H2,1-4H3,(H,28,35)/t20-,22-/m0/s1. The van der Waals surface area contributed by atoms with E-state index in [1.165, 1.54) is 0 Å². The average Bonchev–Trinajstić information content (AvgIpc) is 3.54. The smallest absolute Gasteiger partial charge is 0.408 e. The second kappa shape index (κ2) is 9.29. The van der Waals surface area contributed by atoms with E-state index in [1.807, 2.05) is 75.8 Å². The first kappa shape index (κ1) is 23.8. The highest BCUT2D eigenvalue weighted by molar-refractivity contribution is 5.89. The highest BCUT2D eigenvalue weighted by Gasteiger charge is 2.38. The van der Waals surface area contributed by atoms with E-state index in [0.717, 1.165) is 40.8 Å². The Morgan fingerprint density at radius 1 is 1.14 bits per heavy atom. The molecule has 1 saturated heterocycles. The van der Waals surface area contributed by atoms with E-state index in [-0.39, 0.29) is 11.9 Å². The summed E-state index contributed by atoms with van der Waals surface area (Å²) in [5.74, 6) is 0.585. The van der Waals surface area contributed by atoms with Crippen molar-refractivity contribution in [1.29, 1.82) is 0 Å². The van der Waals surface area contributed by atoms with Crippen molar-refractivity contribution in [2.45, 2.75) is 57.7 Å². The Kier molecular flexibility index (Phi) is 6.15. The number of benzene rings is 1. The zero-order valence-corrected chi connectivity index (χ0v) is 21.1. The number of carbonyl (C=O) groups excluding carboxylic acids is 2. The molecule has 5 rings (SSSR count). The van der Waals surface area contributed by atoms with Gasteiger partial charge >= 0.3 is 6.09 Å². The number of alkyl carbamates (subject to hydrolysis) is 1. The minimum atomic E-state index is -0.787. The summed E-state index contributed by atoms with van der Waals surface area (Å²) in [5, 5.41) is 12.6. The van der Waals surface area contributed by atoms with Crippen LogP contribution in [0.3, 0.4) is 0 Å². The van der Waals surface area contributed by atoms with Crippen molar-refractivity contribution >= 4 is 28.6 Å². The first-order valence-electron chi connectivity index (χ1n) is 12.3. The van der Waals surface area contributed by atoms with Gasteiger partial charge in [0.25, 0.3) is 0 Å². The average molecular weight is 489 g/mol.